The van der Waals surface area contributed by atoms with Crippen LogP contribution in [-0.4, -0.2) is 11.6 Å². The molecule has 0 aliphatic heterocycles. The average Bonchev–Trinajstić information content (AvgIpc) is 3.31. The summed E-state index contributed by atoms with van der Waals surface area (Å²) in [6.45, 7) is 7.05. The third kappa shape index (κ3) is 0.915. The van der Waals surface area contributed by atoms with Crippen LogP contribution < -0.4 is 0 Å². The Labute approximate surface area is 132 Å². The number of fused-ring (bicyclic) bond motifs is 3. The largest absolute Gasteiger partial charge is 0.298 e. The van der Waals surface area contributed by atoms with E-state index in [1.807, 2.05) is 0 Å². The van der Waals surface area contributed by atoms with Crippen LogP contribution in [0.1, 0.15) is 59.3 Å². The van der Waals surface area contributed by atoms with Crippen molar-refractivity contribution in [2.24, 2.45) is 51.2 Å². The minimum Gasteiger partial charge on any atom is -0.298 e. The molecule has 0 aromatic heterocycles. The molecule has 118 valence electrons. The van der Waals surface area contributed by atoms with Gasteiger partial charge in [-0.25, -0.2) is 0 Å². The lowest BCUT2D eigenvalue weighted by Gasteiger charge is -2.61. The van der Waals surface area contributed by atoms with Crippen molar-refractivity contribution < 1.29 is 9.59 Å². The van der Waals surface area contributed by atoms with Gasteiger partial charge in [0, 0.05) is 11.3 Å². The van der Waals surface area contributed by atoms with Gasteiger partial charge in [0.15, 0.2) is 11.6 Å². The highest BCUT2D eigenvalue weighted by atomic mass is 16.2. The van der Waals surface area contributed by atoms with Gasteiger partial charge < -0.3 is 0 Å². The number of carbonyl (C=O) groups excluding carboxylic acids is 2. The molecule has 9 atom stereocenters. The first-order valence-electron chi connectivity index (χ1n) is 9.40. The van der Waals surface area contributed by atoms with Crippen molar-refractivity contribution in [3.8, 4) is 0 Å². The fourth-order valence-electron chi connectivity index (χ4n) is 8.84. The highest BCUT2D eigenvalue weighted by molar-refractivity contribution is 6.22. The van der Waals surface area contributed by atoms with Crippen LogP contribution in [0.5, 0.6) is 0 Å². The topological polar surface area (TPSA) is 34.1 Å². The maximum absolute atomic E-state index is 13.3. The molecule has 7 saturated carbocycles. The summed E-state index contributed by atoms with van der Waals surface area (Å²) in [5.74, 6) is 3.34. The van der Waals surface area contributed by atoms with E-state index in [1.165, 1.54) is 25.7 Å². The molecule has 7 rings (SSSR count). The molecule has 0 saturated heterocycles. The van der Waals surface area contributed by atoms with E-state index in [-0.39, 0.29) is 16.7 Å². The molecule has 4 bridgehead atoms. The maximum Gasteiger partial charge on any atom is 0.153 e. The van der Waals surface area contributed by atoms with Crippen molar-refractivity contribution in [3.05, 3.63) is 0 Å². The first-order chi connectivity index (χ1) is 10.3. The van der Waals surface area contributed by atoms with E-state index < -0.39 is 5.41 Å². The van der Waals surface area contributed by atoms with Gasteiger partial charge in [-0.15, -0.1) is 0 Å². The lowest BCUT2D eigenvalue weighted by atomic mass is 9.41. The number of carbonyl (C=O) groups is 2. The maximum atomic E-state index is 13.3. The fraction of sp³-hybridized carbons (Fsp3) is 0.900. The van der Waals surface area contributed by atoms with Gasteiger partial charge in [0.05, 0.1) is 5.41 Å². The Morgan fingerprint density at radius 2 is 1.73 bits per heavy atom. The van der Waals surface area contributed by atoms with Gasteiger partial charge >= 0.3 is 0 Å². The van der Waals surface area contributed by atoms with Gasteiger partial charge in [-0.05, 0) is 73.0 Å². The summed E-state index contributed by atoms with van der Waals surface area (Å²) >= 11 is 0. The first kappa shape index (κ1) is 12.7. The summed E-state index contributed by atoms with van der Waals surface area (Å²) in [6.07, 6.45) is 7.19. The van der Waals surface area contributed by atoms with Gasteiger partial charge in [-0.1, -0.05) is 20.8 Å². The summed E-state index contributed by atoms with van der Waals surface area (Å²) in [5.41, 5.74) is 0.00331. The van der Waals surface area contributed by atoms with Gasteiger partial charge in [0.25, 0.3) is 0 Å². The van der Waals surface area contributed by atoms with E-state index in [1.54, 1.807) is 0 Å². The van der Waals surface area contributed by atoms with E-state index in [0.29, 0.717) is 28.8 Å². The molecule has 0 aromatic carbocycles. The zero-order valence-corrected chi connectivity index (χ0v) is 13.9. The van der Waals surface area contributed by atoms with Crippen molar-refractivity contribution in [2.75, 3.05) is 0 Å². The highest BCUT2D eigenvalue weighted by Crippen LogP contribution is 2.84. The number of ketones is 2. The molecular formula is C20H26O2. The standard InChI is InChI=1S/C20H26O2/c1-17-6-4-10-9-18(10,2)12(17)5-7-20-13(17)8-11-14(15(20)21)19(11,3)16(20)22/h10-14H,4-9H2,1-3H3/t10?,11-,12+,13+,14-,17-,18+,19-,20+/m1/s1. The number of Topliss-reactive ketones (excluding diaryl/α,β-unsaturated/α-hetero) is 2. The lowest BCUT2D eigenvalue weighted by molar-refractivity contribution is -0.174. The van der Waals surface area contributed by atoms with Crippen molar-refractivity contribution in [2.45, 2.75) is 59.3 Å². The molecule has 0 radical (unpaired) electrons. The highest BCUT2D eigenvalue weighted by Gasteiger charge is 2.88. The van der Waals surface area contributed by atoms with E-state index >= 15 is 0 Å². The molecule has 0 N–H and O–H groups in total. The van der Waals surface area contributed by atoms with Crippen LogP contribution in [0, 0.1) is 51.2 Å². The summed E-state index contributed by atoms with van der Waals surface area (Å²) in [5, 5.41) is 0. The molecule has 1 spiro atoms. The van der Waals surface area contributed by atoms with Crippen molar-refractivity contribution in [3.63, 3.8) is 0 Å². The molecule has 1 unspecified atom stereocenters. The smallest absolute Gasteiger partial charge is 0.153 e. The lowest BCUT2D eigenvalue weighted by Crippen LogP contribution is -2.61. The second-order valence-electron chi connectivity index (χ2n) is 10.4. The minimum absolute atomic E-state index is 0.115. The van der Waals surface area contributed by atoms with Crippen LogP contribution in [0.15, 0.2) is 0 Å². The first-order valence-corrected chi connectivity index (χ1v) is 9.40. The number of hydrogen-bond donors (Lipinski definition) is 0. The van der Waals surface area contributed by atoms with Crippen LogP contribution in [0.2, 0.25) is 0 Å². The number of rotatable bonds is 0. The Hall–Kier alpha value is -0.660. The molecule has 0 heterocycles. The quantitative estimate of drug-likeness (QED) is 0.640. The van der Waals surface area contributed by atoms with E-state index in [9.17, 15) is 9.59 Å². The van der Waals surface area contributed by atoms with Gasteiger partial charge in [0.2, 0.25) is 0 Å². The predicted molar refractivity (Wildman–Crippen MR) is 81.9 cm³/mol. The zero-order valence-electron chi connectivity index (χ0n) is 13.9. The Bertz CT molecular complexity index is 667. The molecule has 22 heavy (non-hydrogen) atoms. The van der Waals surface area contributed by atoms with Crippen LogP contribution in [-0.2, 0) is 9.59 Å². The summed E-state index contributed by atoms with van der Waals surface area (Å²) < 4.78 is 0. The zero-order chi connectivity index (χ0) is 15.3. The monoisotopic (exact) mass is 298 g/mol. The molecule has 7 aliphatic rings. The molecule has 7 aliphatic carbocycles. The Morgan fingerprint density at radius 1 is 0.955 bits per heavy atom. The molecular weight excluding hydrogens is 272 g/mol. The Kier molecular flexibility index (Phi) is 1.74. The van der Waals surface area contributed by atoms with Crippen LogP contribution >= 0.6 is 0 Å². The molecule has 2 nitrogen and oxygen atoms in total. The Morgan fingerprint density at radius 3 is 2.41 bits per heavy atom. The van der Waals surface area contributed by atoms with Crippen LogP contribution in [0.4, 0.5) is 0 Å². The second-order valence-corrected chi connectivity index (χ2v) is 10.4. The van der Waals surface area contributed by atoms with E-state index in [0.717, 1.165) is 24.7 Å². The second kappa shape index (κ2) is 3.00. The van der Waals surface area contributed by atoms with E-state index in [4.69, 9.17) is 0 Å². The van der Waals surface area contributed by atoms with Gasteiger partial charge in [0.1, 0.15) is 0 Å². The third-order valence-corrected chi connectivity index (χ3v) is 10.1. The molecule has 7 fully saturated rings. The van der Waals surface area contributed by atoms with Crippen molar-refractivity contribution in [1.29, 1.82) is 0 Å². The normalized spacial score (nSPS) is 69.9. The average molecular weight is 298 g/mol. The molecule has 0 aromatic rings. The summed E-state index contributed by atoms with van der Waals surface area (Å²) in [6, 6.07) is 0. The number of hydrogen-bond acceptors (Lipinski definition) is 2. The van der Waals surface area contributed by atoms with Gasteiger partial charge in [-0.3, -0.25) is 9.59 Å². The van der Waals surface area contributed by atoms with Gasteiger partial charge in [-0.2, -0.15) is 0 Å². The van der Waals surface area contributed by atoms with E-state index in [2.05, 4.69) is 20.8 Å². The SMILES string of the molecule is C[C@@]12CCC3C[C@]3(C)[C@H]1CC[C@@]13C(=O)[C@H]4[C@@H](C[C@H]12)[C@@]4(C)C3=O. The predicted octanol–water partition coefficient (Wildman–Crippen LogP) is 3.63. The van der Waals surface area contributed by atoms with Crippen LogP contribution in [0.3, 0.4) is 0 Å². The fourth-order valence-corrected chi connectivity index (χ4v) is 8.84. The van der Waals surface area contributed by atoms with Crippen molar-refractivity contribution >= 4 is 11.6 Å². The molecule has 2 heteroatoms. The Balaban J connectivity index is 1.52. The minimum atomic E-state index is -0.544. The molecule has 0 amide bonds. The summed E-state index contributed by atoms with van der Waals surface area (Å²) in [4.78, 5) is 26.4. The third-order valence-electron chi connectivity index (χ3n) is 10.1. The summed E-state index contributed by atoms with van der Waals surface area (Å²) in [7, 11) is 0. The van der Waals surface area contributed by atoms with Crippen LogP contribution in [0.25, 0.3) is 0 Å². The van der Waals surface area contributed by atoms with Crippen molar-refractivity contribution in [1.82, 2.24) is 0 Å².